The monoisotopic (exact) mass is 342 g/mol. The summed E-state index contributed by atoms with van der Waals surface area (Å²) in [6, 6.07) is 9.61. The third-order valence-electron chi connectivity index (χ3n) is 3.26. The van der Waals surface area contributed by atoms with Gasteiger partial charge in [-0.2, -0.15) is 20.0 Å². The lowest BCUT2D eigenvalue weighted by molar-refractivity contribution is 0.317. The van der Waals surface area contributed by atoms with Gasteiger partial charge >= 0.3 is 0 Å². The summed E-state index contributed by atoms with van der Waals surface area (Å²) in [6.45, 7) is 4.71. The molecule has 8 heteroatoms. The Morgan fingerprint density at radius 3 is 2.71 bits per heavy atom. The van der Waals surface area contributed by atoms with Crippen molar-refractivity contribution in [1.82, 2.24) is 25.1 Å². The van der Waals surface area contributed by atoms with Gasteiger partial charge in [-0.3, -0.25) is 5.10 Å². The average molecular weight is 342 g/mol. The van der Waals surface area contributed by atoms with Crippen LogP contribution >= 0.6 is 12.2 Å². The second kappa shape index (κ2) is 7.22. The van der Waals surface area contributed by atoms with Gasteiger partial charge in [0.15, 0.2) is 0 Å². The lowest BCUT2D eigenvalue weighted by Crippen LogP contribution is -1.96. The van der Waals surface area contributed by atoms with Crippen molar-refractivity contribution in [1.29, 1.82) is 0 Å². The van der Waals surface area contributed by atoms with Crippen molar-refractivity contribution in [3.8, 4) is 17.3 Å². The number of hydrogen-bond acceptors (Lipinski definition) is 5. The van der Waals surface area contributed by atoms with Crippen molar-refractivity contribution in [3.63, 3.8) is 0 Å². The van der Waals surface area contributed by atoms with Crippen LogP contribution in [-0.2, 0) is 0 Å². The van der Waals surface area contributed by atoms with E-state index >= 15 is 0 Å². The van der Waals surface area contributed by atoms with E-state index in [4.69, 9.17) is 17.0 Å². The van der Waals surface area contributed by atoms with E-state index in [1.54, 1.807) is 10.9 Å². The number of benzene rings is 1. The van der Waals surface area contributed by atoms with Crippen LogP contribution in [0.15, 0.2) is 35.4 Å². The first-order valence-corrected chi connectivity index (χ1v) is 8.05. The molecule has 0 bridgehead atoms. The number of nitrogens with one attached hydrogen (secondary N) is 2. The molecule has 0 saturated heterocycles. The quantitative estimate of drug-likeness (QED) is 0.532. The number of aromatic amines is 2. The van der Waals surface area contributed by atoms with Gasteiger partial charge in [0, 0.05) is 5.69 Å². The van der Waals surface area contributed by atoms with E-state index in [9.17, 15) is 0 Å². The minimum atomic E-state index is 0.407. The van der Waals surface area contributed by atoms with E-state index in [-0.39, 0.29) is 0 Å². The highest BCUT2D eigenvalue weighted by Gasteiger charge is 2.10. The molecule has 2 heterocycles. The SMILES string of the molecule is CCCOc1ccc(C=Nn2c(-c3cc(C)[nH]n3)n[nH]c2=S)cc1. The molecule has 0 atom stereocenters. The summed E-state index contributed by atoms with van der Waals surface area (Å²) in [5, 5.41) is 18.4. The fourth-order valence-corrected chi connectivity index (χ4v) is 2.27. The van der Waals surface area contributed by atoms with E-state index in [1.807, 2.05) is 37.3 Å². The molecule has 124 valence electrons. The van der Waals surface area contributed by atoms with Gasteiger partial charge in [0.25, 0.3) is 0 Å². The lowest BCUT2D eigenvalue weighted by Gasteiger charge is -2.03. The van der Waals surface area contributed by atoms with Crippen molar-refractivity contribution >= 4 is 18.4 Å². The third-order valence-corrected chi connectivity index (χ3v) is 3.52. The molecule has 0 saturated carbocycles. The average Bonchev–Trinajstić information content (AvgIpc) is 3.17. The van der Waals surface area contributed by atoms with Gasteiger partial charge in [-0.15, -0.1) is 0 Å². The molecule has 0 unspecified atom stereocenters. The van der Waals surface area contributed by atoms with Gasteiger partial charge in [0.05, 0.1) is 12.8 Å². The Kier molecular flexibility index (Phi) is 4.85. The molecule has 0 aliphatic rings. The molecule has 3 aromatic rings. The van der Waals surface area contributed by atoms with Crippen LogP contribution in [0.2, 0.25) is 0 Å². The minimum absolute atomic E-state index is 0.407. The van der Waals surface area contributed by atoms with Gasteiger partial charge in [0.2, 0.25) is 10.6 Å². The Balaban J connectivity index is 1.82. The summed E-state index contributed by atoms with van der Waals surface area (Å²) < 4.78 is 7.52. The highest BCUT2D eigenvalue weighted by atomic mass is 32.1. The van der Waals surface area contributed by atoms with Gasteiger partial charge in [-0.1, -0.05) is 6.92 Å². The summed E-state index contributed by atoms with van der Waals surface area (Å²) >= 11 is 5.24. The normalized spacial score (nSPS) is 11.2. The first kappa shape index (κ1) is 16.1. The summed E-state index contributed by atoms with van der Waals surface area (Å²) in [7, 11) is 0. The fourth-order valence-electron chi connectivity index (χ4n) is 2.09. The molecule has 0 radical (unpaired) electrons. The molecule has 0 spiro atoms. The van der Waals surface area contributed by atoms with Crippen LogP contribution in [0.3, 0.4) is 0 Å². The standard InChI is InChI=1S/C16H18N6OS/c1-3-8-23-13-6-4-12(5-7-13)10-17-22-15(20-21-16(22)24)14-9-11(2)18-19-14/h4-7,9-10H,3,8H2,1-2H3,(H,18,19)(H,21,24). The van der Waals surface area contributed by atoms with Crippen LogP contribution in [-0.4, -0.2) is 37.9 Å². The maximum absolute atomic E-state index is 5.57. The summed E-state index contributed by atoms with van der Waals surface area (Å²) in [5.74, 6) is 1.41. The van der Waals surface area contributed by atoms with Gasteiger partial charge in [-0.05, 0) is 61.5 Å². The number of nitrogens with zero attached hydrogens (tertiary/aromatic N) is 4. The molecule has 2 aromatic heterocycles. The Morgan fingerprint density at radius 1 is 1.25 bits per heavy atom. The van der Waals surface area contributed by atoms with Gasteiger partial charge in [0.1, 0.15) is 11.4 Å². The number of aromatic nitrogens is 5. The van der Waals surface area contributed by atoms with E-state index in [0.717, 1.165) is 23.4 Å². The largest absolute Gasteiger partial charge is 0.494 e. The maximum atomic E-state index is 5.57. The van der Waals surface area contributed by atoms with Crippen molar-refractivity contribution in [2.24, 2.45) is 5.10 Å². The maximum Gasteiger partial charge on any atom is 0.216 e. The predicted octanol–water partition coefficient (Wildman–Crippen LogP) is 3.31. The van der Waals surface area contributed by atoms with E-state index < -0.39 is 0 Å². The molecule has 24 heavy (non-hydrogen) atoms. The summed E-state index contributed by atoms with van der Waals surface area (Å²) in [6.07, 6.45) is 2.70. The highest BCUT2D eigenvalue weighted by molar-refractivity contribution is 7.71. The number of ether oxygens (including phenoxy) is 1. The van der Waals surface area contributed by atoms with E-state index in [1.165, 1.54) is 0 Å². The molecule has 0 aliphatic heterocycles. The molecule has 0 fully saturated rings. The topological polar surface area (TPSA) is 83.9 Å². The first-order chi connectivity index (χ1) is 11.7. The second-order valence-corrected chi connectivity index (χ2v) is 5.65. The molecule has 1 aromatic carbocycles. The molecule has 2 N–H and O–H groups in total. The van der Waals surface area contributed by atoms with E-state index in [2.05, 4.69) is 32.4 Å². The number of aryl methyl sites for hydroxylation is 1. The zero-order valence-corrected chi connectivity index (χ0v) is 14.3. The molecule has 0 aliphatic carbocycles. The molecule has 7 nitrogen and oxygen atoms in total. The Hall–Kier alpha value is -2.74. The zero-order chi connectivity index (χ0) is 16.9. The van der Waals surface area contributed by atoms with Crippen LogP contribution in [0.1, 0.15) is 24.6 Å². The lowest BCUT2D eigenvalue weighted by atomic mass is 10.2. The molecule has 3 rings (SSSR count). The van der Waals surface area contributed by atoms with Crippen LogP contribution in [0, 0.1) is 11.7 Å². The highest BCUT2D eigenvalue weighted by Crippen LogP contribution is 2.16. The van der Waals surface area contributed by atoms with Crippen LogP contribution in [0.25, 0.3) is 11.5 Å². The van der Waals surface area contributed by atoms with Crippen LogP contribution < -0.4 is 4.74 Å². The van der Waals surface area contributed by atoms with Crippen molar-refractivity contribution in [2.75, 3.05) is 6.61 Å². The van der Waals surface area contributed by atoms with Gasteiger partial charge < -0.3 is 4.74 Å². The summed E-state index contributed by atoms with van der Waals surface area (Å²) in [4.78, 5) is 0. The van der Waals surface area contributed by atoms with Gasteiger partial charge in [-0.25, -0.2) is 5.10 Å². The van der Waals surface area contributed by atoms with Crippen molar-refractivity contribution in [2.45, 2.75) is 20.3 Å². The van der Waals surface area contributed by atoms with Crippen molar-refractivity contribution in [3.05, 3.63) is 46.4 Å². The second-order valence-electron chi connectivity index (χ2n) is 5.26. The molecular weight excluding hydrogens is 324 g/mol. The first-order valence-electron chi connectivity index (χ1n) is 7.64. The van der Waals surface area contributed by atoms with Crippen LogP contribution in [0.5, 0.6) is 5.75 Å². The Morgan fingerprint density at radius 2 is 2.04 bits per heavy atom. The Bertz CT molecular complexity index is 890. The number of hydrogen-bond donors (Lipinski definition) is 2. The minimum Gasteiger partial charge on any atom is -0.494 e. The van der Waals surface area contributed by atoms with Crippen LogP contribution in [0.4, 0.5) is 0 Å². The number of H-pyrrole nitrogens is 2. The van der Waals surface area contributed by atoms with E-state index in [0.29, 0.717) is 22.9 Å². The molecular formula is C16H18N6OS. The third kappa shape index (κ3) is 3.60. The zero-order valence-electron chi connectivity index (χ0n) is 13.5. The smallest absolute Gasteiger partial charge is 0.216 e. The predicted molar refractivity (Wildman–Crippen MR) is 95.0 cm³/mol. The van der Waals surface area contributed by atoms with Crippen molar-refractivity contribution < 1.29 is 4.74 Å². The molecule has 0 amide bonds. The fraction of sp³-hybridized carbons (Fsp3) is 0.250. The number of rotatable bonds is 6. The Labute approximate surface area is 144 Å². The summed E-state index contributed by atoms with van der Waals surface area (Å²) in [5.41, 5.74) is 2.56.